The normalized spacial score (nSPS) is 11.4. The minimum Gasteiger partial charge on any atom is -0.469 e. The minimum atomic E-state index is -0.131. The molecule has 0 saturated carbocycles. The van der Waals surface area contributed by atoms with Crippen molar-refractivity contribution in [1.29, 1.82) is 0 Å². The number of aliphatic imine (C=N–C) groups is 1. The average molecular weight is 400 g/mol. The predicted molar refractivity (Wildman–Crippen MR) is 116 cm³/mol. The van der Waals surface area contributed by atoms with Gasteiger partial charge >= 0.3 is 5.97 Å². The number of unbranched alkanes of at least 4 members (excludes halogenated alkanes) is 3. The van der Waals surface area contributed by atoms with E-state index >= 15 is 0 Å². The molecule has 2 aromatic rings. The molecular formula is C22H33N5O2. The third-order valence-corrected chi connectivity index (χ3v) is 4.73. The number of esters is 1. The Balaban J connectivity index is 1.79. The average Bonchev–Trinajstić information content (AvgIpc) is 3.07. The van der Waals surface area contributed by atoms with Crippen molar-refractivity contribution in [3.8, 4) is 5.69 Å². The summed E-state index contributed by atoms with van der Waals surface area (Å²) in [7, 11) is 3.21. The molecule has 0 saturated heterocycles. The van der Waals surface area contributed by atoms with Crippen LogP contribution >= 0.6 is 0 Å². The molecule has 0 unspecified atom stereocenters. The highest BCUT2D eigenvalue weighted by Crippen LogP contribution is 2.16. The van der Waals surface area contributed by atoms with E-state index in [2.05, 4.69) is 50.6 Å². The summed E-state index contributed by atoms with van der Waals surface area (Å²) in [6.45, 7) is 5.58. The van der Waals surface area contributed by atoms with Crippen molar-refractivity contribution in [1.82, 2.24) is 20.4 Å². The summed E-state index contributed by atoms with van der Waals surface area (Å²) in [6, 6.07) is 10.3. The lowest BCUT2D eigenvalue weighted by Crippen LogP contribution is -2.37. The number of nitrogens with zero attached hydrogens (tertiary/aromatic N) is 3. The van der Waals surface area contributed by atoms with Crippen molar-refractivity contribution < 1.29 is 9.53 Å². The van der Waals surface area contributed by atoms with Gasteiger partial charge in [-0.1, -0.05) is 31.0 Å². The van der Waals surface area contributed by atoms with Crippen molar-refractivity contribution in [2.45, 2.75) is 52.5 Å². The molecule has 1 aromatic heterocycles. The number of rotatable bonds is 10. The maximum absolute atomic E-state index is 11.1. The Morgan fingerprint density at radius 2 is 1.90 bits per heavy atom. The lowest BCUT2D eigenvalue weighted by molar-refractivity contribution is -0.140. The van der Waals surface area contributed by atoms with Crippen LogP contribution < -0.4 is 10.6 Å². The third-order valence-electron chi connectivity index (χ3n) is 4.73. The monoisotopic (exact) mass is 399 g/mol. The molecule has 2 rings (SSSR count). The summed E-state index contributed by atoms with van der Waals surface area (Å²) in [4.78, 5) is 15.4. The van der Waals surface area contributed by atoms with Crippen molar-refractivity contribution >= 4 is 11.9 Å². The number of nitrogens with one attached hydrogen (secondary N) is 2. The standard InChI is InChI=1S/C22H33N5O2/c1-17-15-18(2)27(26-17)20-12-9-8-11-19(20)16-25-22(23-3)24-14-10-6-5-7-13-21(28)29-4/h8-9,11-12,15H,5-7,10,13-14,16H2,1-4H3,(H2,23,24,25). The molecule has 0 bridgehead atoms. The number of carbonyl (C=O) groups is 1. The summed E-state index contributed by atoms with van der Waals surface area (Å²) in [5, 5.41) is 11.3. The number of ether oxygens (including phenoxy) is 1. The molecule has 0 aliphatic rings. The molecule has 29 heavy (non-hydrogen) atoms. The molecule has 1 aromatic carbocycles. The Morgan fingerprint density at radius 3 is 2.59 bits per heavy atom. The van der Waals surface area contributed by atoms with E-state index in [4.69, 9.17) is 0 Å². The number of aryl methyl sites for hydroxylation is 2. The molecule has 2 N–H and O–H groups in total. The van der Waals surface area contributed by atoms with Crippen LogP contribution in [0.5, 0.6) is 0 Å². The summed E-state index contributed by atoms with van der Waals surface area (Å²) in [6.07, 6.45) is 4.51. The first-order valence-electron chi connectivity index (χ1n) is 10.2. The molecule has 158 valence electrons. The highest BCUT2D eigenvalue weighted by Gasteiger charge is 2.09. The molecule has 0 spiro atoms. The Morgan fingerprint density at radius 1 is 1.14 bits per heavy atom. The fourth-order valence-corrected chi connectivity index (χ4v) is 3.20. The molecule has 0 atom stereocenters. The number of hydrogen-bond donors (Lipinski definition) is 2. The van der Waals surface area contributed by atoms with Crippen LogP contribution in [0.4, 0.5) is 0 Å². The minimum absolute atomic E-state index is 0.131. The van der Waals surface area contributed by atoms with E-state index in [9.17, 15) is 4.79 Å². The van der Waals surface area contributed by atoms with Crippen LogP contribution in [0.1, 0.15) is 49.1 Å². The SMILES string of the molecule is CN=C(NCCCCCCC(=O)OC)NCc1ccccc1-n1nc(C)cc1C. The van der Waals surface area contributed by atoms with Crippen LogP contribution in [-0.4, -0.2) is 42.4 Å². The number of methoxy groups -OCH3 is 1. The first-order chi connectivity index (χ1) is 14.0. The van der Waals surface area contributed by atoms with Gasteiger partial charge in [0.25, 0.3) is 0 Å². The fourth-order valence-electron chi connectivity index (χ4n) is 3.20. The highest BCUT2D eigenvalue weighted by molar-refractivity contribution is 5.79. The number of carbonyl (C=O) groups excluding carboxylic acids is 1. The van der Waals surface area contributed by atoms with E-state index in [1.165, 1.54) is 7.11 Å². The van der Waals surface area contributed by atoms with Crippen molar-refractivity contribution in [3.05, 3.63) is 47.3 Å². The van der Waals surface area contributed by atoms with Gasteiger partial charge in [-0.2, -0.15) is 5.10 Å². The summed E-state index contributed by atoms with van der Waals surface area (Å²) < 4.78 is 6.63. The molecular weight excluding hydrogens is 366 g/mol. The second-order valence-corrected chi connectivity index (χ2v) is 7.06. The van der Waals surface area contributed by atoms with E-state index in [0.29, 0.717) is 13.0 Å². The van der Waals surface area contributed by atoms with Crippen molar-refractivity contribution in [3.63, 3.8) is 0 Å². The van der Waals surface area contributed by atoms with Gasteiger partial charge in [0, 0.05) is 32.3 Å². The lowest BCUT2D eigenvalue weighted by Gasteiger charge is -2.15. The maximum Gasteiger partial charge on any atom is 0.305 e. The van der Waals surface area contributed by atoms with E-state index in [-0.39, 0.29) is 5.97 Å². The largest absolute Gasteiger partial charge is 0.469 e. The molecule has 0 radical (unpaired) electrons. The Labute approximate surface area is 173 Å². The second kappa shape index (κ2) is 11.9. The molecule has 0 aliphatic carbocycles. The number of aromatic nitrogens is 2. The van der Waals surface area contributed by atoms with E-state index in [0.717, 1.165) is 60.8 Å². The molecule has 1 heterocycles. The van der Waals surface area contributed by atoms with Crippen LogP contribution in [0, 0.1) is 13.8 Å². The molecule has 0 amide bonds. The molecule has 7 nitrogen and oxygen atoms in total. The zero-order chi connectivity index (χ0) is 21.1. The van der Waals surface area contributed by atoms with Crippen LogP contribution in [0.3, 0.4) is 0 Å². The third kappa shape index (κ3) is 7.25. The summed E-state index contributed by atoms with van der Waals surface area (Å²) in [5.74, 6) is 0.649. The predicted octanol–water partition coefficient (Wildman–Crippen LogP) is 3.28. The van der Waals surface area contributed by atoms with Crippen LogP contribution in [0.2, 0.25) is 0 Å². The molecule has 0 aliphatic heterocycles. The first kappa shape index (κ1) is 22.5. The number of para-hydroxylation sites is 1. The van der Waals surface area contributed by atoms with Gasteiger partial charge in [-0.15, -0.1) is 0 Å². The van der Waals surface area contributed by atoms with Gasteiger partial charge < -0.3 is 15.4 Å². The quantitative estimate of drug-likeness (QED) is 0.277. The maximum atomic E-state index is 11.1. The van der Waals surface area contributed by atoms with Gasteiger partial charge in [0.05, 0.1) is 18.5 Å². The van der Waals surface area contributed by atoms with Gasteiger partial charge in [-0.3, -0.25) is 9.79 Å². The number of guanidine groups is 1. The Hall–Kier alpha value is -2.83. The van der Waals surface area contributed by atoms with E-state index in [1.807, 2.05) is 23.7 Å². The van der Waals surface area contributed by atoms with Crippen molar-refractivity contribution in [2.75, 3.05) is 20.7 Å². The Kier molecular flexibility index (Phi) is 9.21. The lowest BCUT2D eigenvalue weighted by atomic mass is 10.1. The van der Waals surface area contributed by atoms with E-state index < -0.39 is 0 Å². The fraction of sp³-hybridized carbons (Fsp3) is 0.500. The van der Waals surface area contributed by atoms with Crippen LogP contribution in [0.25, 0.3) is 5.69 Å². The van der Waals surface area contributed by atoms with Crippen LogP contribution in [-0.2, 0) is 16.1 Å². The first-order valence-corrected chi connectivity index (χ1v) is 10.2. The number of benzene rings is 1. The van der Waals surface area contributed by atoms with Gasteiger partial charge in [0.15, 0.2) is 5.96 Å². The van der Waals surface area contributed by atoms with Gasteiger partial charge in [0.1, 0.15) is 0 Å². The zero-order valence-electron chi connectivity index (χ0n) is 18.0. The second-order valence-electron chi connectivity index (χ2n) is 7.06. The smallest absolute Gasteiger partial charge is 0.305 e. The highest BCUT2D eigenvalue weighted by atomic mass is 16.5. The van der Waals surface area contributed by atoms with E-state index in [1.54, 1.807) is 7.05 Å². The van der Waals surface area contributed by atoms with Crippen molar-refractivity contribution in [2.24, 2.45) is 4.99 Å². The summed E-state index contributed by atoms with van der Waals surface area (Å²) >= 11 is 0. The zero-order valence-corrected chi connectivity index (χ0v) is 18.0. The summed E-state index contributed by atoms with van der Waals surface area (Å²) in [5.41, 5.74) is 4.36. The topological polar surface area (TPSA) is 80.5 Å². The van der Waals surface area contributed by atoms with Gasteiger partial charge in [-0.05, 0) is 44.4 Å². The van der Waals surface area contributed by atoms with Gasteiger partial charge in [-0.25, -0.2) is 4.68 Å². The number of hydrogen-bond acceptors (Lipinski definition) is 4. The Bertz CT molecular complexity index is 813. The van der Waals surface area contributed by atoms with Crippen LogP contribution in [0.15, 0.2) is 35.3 Å². The molecule has 7 heteroatoms. The molecule has 0 fully saturated rings. The van der Waals surface area contributed by atoms with Gasteiger partial charge in [0.2, 0.25) is 0 Å².